The predicted octanol–water partition coefficient (Wildman–Crippen LogP) is 2.59. The number of hydrogen-bond acceptors (Lipinski definition) is 3. The molecule has 4 nitrogen and oxygen atoms in total. The zero-order chi connectivity index (χ0) is 15.2. The highest BCUT2D eigenvalue weighted by Gasteiger charge is 2.32. The average molecular weight is 284 g/mol. The predicted molar refractivity (Wildman–Crippen MR) is 83.0 cm³/mol. The number of nitrogens with one attached hydrogen (secondary N) is 1. The highest BCUT2D eigenvalue weighted by atomic mass is 16.4. The van der Waals surface area contributed by atoms with Crippen LogP contribution in [0.1, 0.15) is 53.4 Å². The Hall–Kier alpha value is -0.610. The second kappa shape index (κ2) is 7.99. The normalized spacial score (nSPS) is 27.2. The standard InChI is InChI=1S/C16H32N2O2/c1-5-9-17-16(4,15(19)20)8-6-10-18-11-7-13(2)14(3)12-18/h13-14,17H,5-12H2,1-4H3,(H,19,20). The Morgan fingerprint density at radius 2 is 2.10 bits per heavy atom. The van der Waals surface area contributed by atoms with E-state index in [0.29, 0.717) is 6.42 Å². The summed E-state index contributed by atoms with van der Waals surface area (Å²) in [6, 6.07) is 0. The lowest BCUT2D eigenvalue weighted by Gasteiger charge is -2.36. The summed E-state index contributed by atoms with van der Waals surface area (Å²) in [5.41, 5.74) is -0.773. The Kier molecular flexibility index (Phi) is 6.96. The van der Waals surface area contributed by atoms with Crippen molar-refractivity contribution in [3.63, 3.8) is 0 Å². The van der Waals surface area contributed by atoms with E-state index in [1.807, 2.05) is 6.92 Å². The van der Waals surface area contributed by atoms with Gasteiger partial charge in [0, 0.05) is 6.54 Å². The molecule has 1 fully saturated rings. The van der Waals surface area contributed by atoms with Gasteiger partial charge >= 0.3 is 5.97 Å². The zero-order valence-corrected chi connectivity index (χ0v) is 13.6. The van der Waals surface area contributed by atoms with Gasteiger partial charge in [-0.2, -0.15) is 0 Å². The van der Waals surface area contributed by atoms with Crippen molar-refractivity contribution in [3.8, 4) is 0 Å². The van der Waals surface area contributed by atoms with Gasteiger partial charge in [-0.15, -0.1) is 0 Å². The fourth-order valence-electron chi connectivity index (χ4n) is 2.88. The number of piperidine rings is 1. The lowest BCUT2D eigenvalue weighted by Crippen LogP contribution is -2.50. The monoisotopic (exact) mass is 284 g/mol. The summed E-state index contributed by atoms with van der Waals surface area (Å²) < 4.78 is 0. The van der Waals surface area contributed by atoms with Crippen LogP contribution in [0.5, 0.6) is 0 Å². The highest BCUT2D eigenvalue weighted by molar-refractivity contribution is 5.78. The average Bonchev–Trinajstić information content (AvgIpc) is 2.40. The molecule has 0 spiro atoms. The number of hydrogen-bond donors (Lipinski definition) is 2. The minimum absolute atomic E-state index is 0.697. The van der Waals surface area contributed by atoms with Crippen molar-refractivity contribution in [2.24, 2.45) is 11.8 Å². The van der Waals surface area contributed by atoms with Crippen molar-refractivity contribution in [1.82, 2.24) is 10.2 Å². The van der Waals surface area contributed by atoms with Gasteiger partial charge in [-0.1, -0.05) is 20.8 Å². The van der Waals surface area contributed by atoms with Gasteiger partial charge in [-0.25, -0.2) is 0 Å². The van der Waals surface area contributed by atoms with Crippen molar-refractivity contribution in [1.29, 1.82) is 0 Å². The number of carbonyl (C=O) groups is 1. The minimum atomic E-state index is -0.773. The number of aliphatic carboxylic acids is 1. The Labute approximate surface area is 123 Å². The summed E-state index contributed by atoms with van der Waals surface area (Å²) in [4.78, 5) is 13.9. The van der Waals surface area contributed by atoms with Crippen molar-refractivity contribution in [3.05, 3.63) is 0 Å². The summed E-state index contributed by atoms with van der Waals surface area (Å²) in [6.45, 7) is 12.6. The summed E-state index contributed by atoms with van der Waals surface area (Å²) >= 11 is 0. The third-order valence-corrected chi connectivity index (χ3v) is 4.81. The van der Waals surface area contributed by atoms with E-state index in [1.165, 1.54) is 6.42 Å². The molecular formula is C16H32N2O2. The first-order chi connectivity index (χ1) is 9.39. The van der Waals surface area contributed by atoms with E-state index in [0.717, 1.165) is 50.9 Å². The van der Waals surface area contributed by atoms with Crippen molar-refractivity contribution in [2.75, 3.05) is 26.2 Å². The van der Waals surface area contributed by atoms with E-state index in [9.17, 15) is 9.90 Å². The van der Waals surface area contributed by atoms with Crippen LogP contribution in [0.15, 0.2) is 0 Å². The summed E-state index contributed by atoms with van der Waals surface area (Å²) in [5.74, 6) is 0.848. The number of carboxylic acids is 1. The van der Waals surface area contributed by atoms with Crippen molar-refractivity contribution < 1.29 is 9.90 Å². The van der Waals surface area contributed by atoms with Gasteiger partial charge in [-0.05, 0) is 64.1 Å². The van der Waals surface area contributed by atoms with Crippen LogP contribution >= 0.6 is 0 Å². The van der Waals surface area contributed by atoms with Crippen LogP contribution in [0, 0.1) is 11.8 Å². The van der Waals surface area contributed by atoms with Gasteiger partial charge in [0.2, 0.25) is 0 Å². The maximum absolute atomic E-state index is 11.4. The SMILES string of the molecule is CCCNC(C)(CCCN1CCC(C)C(C)C1)C(=O)O. The molecule has 1 saturated heterocycles. The largest absolute Gasteiger partial charge is 0.480 e. The molecule has 3 unspecified atom stereocenters. The van der Waals surface area contributed by atoms with Crippen LogP contribution in [0.4, 0.5) is 0 Å². The van der Waals surface area contributed by atoms with E-state index < -0.39 is 11.5 Å². The summed E-state index contributed by atoms with van der Waals surface area (Å²) in [5, 5.41) is 12.6. The lowest BCUT2D eigenvalue weighted by atomic mass is 9.88. The Morgan fingerprint density at radius 3 is 2.65 bits per heavy atom. The highest BCUT2D eigenvalue weighted by Crippen LogP contribution is 2.23. The quantitative estimate of drug-likeness (QED) is 0.719. The smallest absolute Gasteiger partial charge is 0.323 e. The maximum Gasteiger partial charge on any atom is 0.323 e. The van der Waals surface area contributed by atoms with Crippen LogP contribution in [0.2, 0.25) is 0 Å². The van der Waals surface area contributed by atoms with E-state index in [4.69, 9.17) is 0 Å². The second-order valence-electron chi connectivity index (χ2n) is 6.71. The minimum Gasteiger partial charge on any atom is -0.480 e. The number of likely N-dealkylation sites (tertiary alicyclic amines) is 1. The topological polar surface area (TPSA) is 52.6 Å². The number of carboxylic acid groups (broad SMARTS) is 1. The van der Waals surface area contributed by atoms with E-state index in [-0.39, 0.29) is 0 Å². The first kappa shape index (κ1) is 17.4. The molecule has 1 heterocycles. The Bertz CT molecular complexity index is 309. The molecule has 4 heteroatoms. The van der Waals surface area contributed by atoms with Crippen molar-refractivity contribution in [2.45, 2.75) is 58.9 Å². The van der Waals surface area contributed by atoms with Crippen LogP contribution in [-0.2, 0) is 4.79 Å². The van der Waals surface area contributed by atoms with Crippen LogP contribution < -0.4 is 5.32 Å². The first-order valence-corrected chi connectivity index (χ1v) is 8.10. The molecule has 0 aromatic heterocycles. The van der Waals surface area contributed by atoms with Gasteiger partial charge in [0.1, 0.15) is 5.54 Å². The molecule has 0 aromatic carbocycles. The maximum atomic E-state index is 11.4. The second-order valence-corrected chi connectivity index (χ2v) is 6.71. The zero-order valence-electron chi connectivity index (χ0n) is 13.6. The molecule has 2 N–H and O–H groups in total. The Morgan fingerprint density at radius 1 is 1.40 bits per heavy atom. The number of rotatable bonds is 8. The lowest BCUT2D eigenvalue weighted by molar-refractivity contribution is -0.144. The molecule has 1 aliphatic heterocycles. The first-order valence-electron chi connectivity index (χ1n) is 8.10. The molecule has 20 heavy (non-hydrogen) atoms. The van der Waals surface area contributed by atoms with Crippen LogP contribution in [0.3, 0.4) is 0 Å². The fourth-order valence-corrected chi connectivity index (χ4v) is 2.88. The molecular weight excluding hydrogens is 252 g/mol. The fraction of sp³-hybridized carbons (Fsp3) is 0.938. The van der Waals surface area contributed by atoms with E-state index >= 15 is 0 Å². The summed E-state index contributed by atoms with van der Waals surface area (Å²) in [6.07, 6.45) is 3.87. The molecule has 3 atom stereocenters. The molecule has 0 radical (unpaired) electrons. The van der Waals surface area contributed by atoms with Gasteiger partial charge in [0.15, 0.2) is 0 Å². The third-order valence-electron chi connectivity index (χ3n) is 4.81. The van der Waals surface area contributed by atoms with Gasteiger partial charge < -0.3 is 15.3 Å². The molecule has 0 bridgehead atoms. The molecule has 1 aliphatic rings. The molecule has 0 saturated carbocycles. The van der Waals surface area contributed by atoms with Gasteiger partial charge in [-0.3, -0.25) is 4.79 Å². The van der Waals surface area contributed by atoms with Crippen LogP contribution in [-0.4, -0.2) is 47.7 Å². The molecule has 0 aromatic rings. The van der Waals surface area contributed by atoms with E-state index in [2.05, 4.69) is 31.0 Å². The molecule has 1 rings (SSSR count). The Balaban J connectivity index is 2.35. The number of nitrogens with zero attached hydrogens (tertiary/aromatic N) is 1. The molecule has 118 valence electrons. The molecule has 0 aliphatic carbocycles. The van der Waals surface area contributed by atoms with Gasteiger partial charge in [0.25, 0.3) is 0 Å². The third kappa shape index (κ3) is 5.06. The van der Waals surface area contributed by atoms with Crippen LogP contribution in [0.25, 0.3) is 0 Å². The van der Waals surface area contributed by atoms with Gasteiger partial charge in [0.05, 0.1) is 0 Å². The van der Waals surface area contributed by atoms with E-state index in [1.54, 1.807) is 0 Å². The molecule has 0 amide bonds. The summed E-state index contributed by atoms with van der Waals surface area (Å²) in [7, 11) is 0. The van der Waals surface area contributed by atoms with Crippen molar-refractivity contribution >= 4 is 5.97 Å².